The molecule has 0 aliphatic heterocycles. The van der Waals surface area contributed by atoms with Crippen molar-refractivity contribution in [2.45, 2.75) is 26.7 Å². The zero-order valence-corrected chi connectivity index (χ0v) is 12.8. The maximum atomic E-state index is 12.1. The average Bonchev–Trinajstić information content (AvgIpc) is 2.42. The molecule has 0 aromatic heterocycles. The quantitative estimate of drug-likeness (QED) is 0.598. The Morgan fingerprint density at radius 3 is 2.67 bits per heavy atom. The van der Waals surface area contributed by atoms with Crippen molar-refractivity contribution < 1.29 is 14.8 Å². The van der Waals surface area contributed by atoms with Crippen molar-refractivity contribution in [3.63, 3.8) is 0 Å². The number of nitrogens with zero attached hydrogens (tertiary/aromatic N) is 1. The minimum Gasteiger partial charge on any atom is -0.396 e. The van der Waals surface area contributed by atoms with E-state index in [9.17, 15) is 14.9 Å². The monoisotopic (exact) mass is 314 g/mol. The molecule has 0 heterocycles. The summed E-state index contributed by atoms with van der Waals surface area (Å²) < 4.78 is 0. The van der Waals surface area contributed by atoms with E-state index in [0.29, 0.717) is 13.0 Å². The molecule has 0 fully saturated rings. The van der Waals surface area contributed by atoms with Crippen LogP contribution in [0.3, 0.4) is 0 Å². The van der Waals surface area contributed by atoms with Crippen molar-refractivity contribution in [2.24, 2.45) is 5.41 Å². The molecular formula is C14H19ClN2O4. The van der Waals surface area contributed by atoms with E-state index >= 15 is 0 Å². The van der Waals surface area contributed by atoms with Crippen molar-refractivity contribution in [2.75, 3.05) is 13.2 Å². The van der Waals surface area contributed by atoms with Gasteiger partial charge < -0.3 is 10.4 Å². The van der Waals surface area contributed by atoms with Crippen molar-refractivity contribution in [3.8, 4) is 0 Å². The van der Waals surface area contributed by atoms with Crippen LogP contribution in [0.4, 0.5) is 5.69 Å². The molecule has 0 bridgehead atoms. The molecule has 0 atom stereocenters. The normalized spacial score (nSPS) is 11.2. The Bertz CT molecular complexity index is 532. The standard InChI is InChI=1S/C14H19ClN2O4/c1-14(2,4-3-5-18)9-16-13(19)10-6-11(15)8-12(7-10)17(20)21/h6-8,18H,3-5,9H2,1-2H3,(H,16,19). The minimum absolute atomic E-state index is 0.109. The Morgan fingerprint density at radius 2 is 2.10 bits per heavy atom. The molecule has 0 saturated heterocycles. The van der Waals surface area contributed by atoms with E-state index in [1.54, 1.807) is 0 Å². The van der Waals surface area contributed by atoms with Crippen LogP contribution >= 0.6 is 11.6 Å². The van der Waals surface area contributed by atoms with Crippen LogP contribution in [-0.4, -0.2) is 29.1 Å². The van der Waals surface area contributed by atoms with Gasteiger partial charge >= 0.3 is 0 Å². The number of rotatable bonds is 7. The summed E-state index contributed by atoms with van der Waals surface area (Å²) in [6, 6.07) is 3.79. The molecule has 0 spiro atoms. The molecule has 116 valence electrons. The number of carbonyl (C=O) groups excluding carboxylic acids is 1. The maximum Gasteiger partial charge on any atom is 0.271 e. The van der Waals surface area contributed by atoms with Gasteiger partial charge in [-0.15, -0.1) is 0 Å². The number of nitro benzene ring substituents is 1. The number of aliphatic hydroxyl groups excluding tert-OH is 1. The van der Waals surface area contributed by atoms with Gasteiger partial charge in [0, 0.05) is 35.9 Å². The van der Waals surface area contributed by atoms with Crippen molar-refractivity contribution in [3.05, 3.63) is 38.9 Å². The molecular weight excluding hydrogens is 296 g/mol. The Balaban J connectivity index is 2.74. The predicted octanol–water partition coefficient (Wildman–Crippen LogP) is 2.78. The van der Waals surface area contributed by atoms with Crippen LogP contribution in [0.2, 0.25) is 5.02 Å². The maximum absolute atomic E-state index is 12.1. The summed E-state index contributed by atoms with van der Waals surface area (Å²) in [4.78, 5) is 22.2. The lowest BCUT2D eigenvalue weighted by atomic mass is 9.88. The summed E-state index contributed by atoms with van der Waals surface area (Å²) in [5.41, 5.74) is -0.220. The summed E-state index contributed by atoms with van der Waals surface area (Å²) in [6.45, 7) is 4.47. The molecule has 1 rings (SSSR count). The van der Waals surface area contributed by atoms with Crippen LogP contribution in [0.25, 0.3) is 0 Å². The fraction of sp³-hybridized carbons (Fsp3) is 0.500. The topological polar surface area (TPSA) is 92.5 Å². The molecule has 0 aliphatic rings. The Hall–Kier alpha value is -1.66. The number of halogens is 1. The molecule has 1 amide bonds. The van der Waals surface area contributed by atoms with Crippen LogP contribution in [0.5, 0.6) is 0 Å². The van der Waals surface area contributed by atoms with Crippen LogP contribution in [0, 0.1) is 15.5 Å². The third kappa shape index (κ3) is 5.69. The van der Waals surface area contributed by atoms with E-state index < -0.39 is 10.8 Å². The number of aliphatic hydroxyl groups is 1. The summed E-state index contributed by atoms with van der Waals surface area (Å²) in [5, 5.41) is 22.5. The average molecular weight is 315 g/mol. The first-order chi connectivity index (χ1) is 9.75. The molecule has 21 heavy (non-hydrogen) atoms. The third-order valence-electron chi connectivity index (χ3n) is 3.09. The van der Waals surface area contributed by atoms with Crippen molar-refractivity contribution in [1.29, 1.82) is 0 Å². The fourth-order valence-electron chi connectivity index (χ4n) is 1.88. The van der Waals surface area contributed by atoms with Crippen molar-refractivity contribution >= 4 is 23.2 Å². The van der Waals surface area contributed by atoms with Crippen molar-refractivity contribution in [1.82, 2.24) is 5.32 Å². The van der Waals surface area contributed by atoms with Crippen LogP contribution in [0.1, 0.15) is 37.0 Å². The number of benzene rings is 1. The molecule has 0 unspecified atom stereocenters. The Morgan fingerprint density at radius 1 is 1.43 bits per heavy atom. The van der Waals surface area contributed by atoms with E-state index in [2.05, 4.69) is 5.32 Å². The number of non-ortho nitro benzene ring substituents is 1. The van der Waals surface area contributed by atoms with E-state index in [0.717, 1.165) is 6.42 Å². The SMILES string of the molecule is CC(C)(CCCO)CNC(=O)c1cc(Cl)cc([N+](=O)[O-])c1. The second kappa shape index (κ2) is 7.38. The van der Waals surface area contributed by atoms with Gasteiger partial charge in [0.25, 0.3) is 11.6 Å². The lowest BCUT2D eigenvalue weighted by Crippen LogP contribution is -2.34. The highest BCUT2D eigenvalue weighted by molar-refractivity contribution is 6.31. The zero-order chi connectivity index (χ0) is 16.0. The second-order valence-corrected chi connectivity index (χ2v) is 6.07. The summed E-state index contributed by atoms with van der Waals surface area (Å²) in [5.74, 6) is -0.405. The van der Waals surface area contributed by atoms with E-state index in [1.165, 1.54) is 18.2 Å². The molecule has 7 heteroatoms. The molecule has 0 saturated carbocycles. The Labute approximate surface area is 128 Å². The lowest BCUT2D eigenvalue weighted by molar-refractivity contribution is -0.384. The van der Waals surface area contributed by atoms with E-state index in [4.69, 9.17) is 16.7 Å². The van der Waals surface area contributed by atoms with Gasteiger partial charge in [-0.2, -0.15) is 0 Å². The molecule has 2 N–H and O–H groups in total. The smallest absolute Gasteiger partial charge is 0.271 e. The highest BCUT2D eigenvalue weighted by Crippen LogP contribution is 2.23. The molecule has 1 aromatic rings. The Kier molecular flexibility index (Phi) is 6.11. The van der Waals surface area contributed by atoms with Crippen LogP contribution in [-0.2, 0) is 0 Å². The summed E-state index contributed by atoms with van der Waals surface area (Å²) in [7, 11) is 0. The summed E-state index contributed by atoms with van der Waals surface area (Å²) in [6.07, 6.45) is 1.42. The lowest BCUT2D eigenvalue weighted by Gasteiger charge is -2.24. The predicted molar refractivity (Wildman–Crippen MR) is 80.5 cm³/mol. The summed E-state index contributed by atoms with van der Waals surface area (Å²) >= 11 is 5.78. The first-order valence-electron chi connectivity index (χ1n) is 6.59. The number of carbonyl (C=O) groups is 1. The number of hydrogen-bond donors (Lipinski definition) is 2. The molecule has 1 aromatic carbocycles. The molecule has 6 nitrogen and oxygen atoms in total. The number of amides is 1. The first kappa shape index (κ1) is 17.4. The largest absolute Gasteiger partial charge is 0.396 e. The van der Waals surface area contributed by atoms with Gasteiger partial charge in [0.2, 0.25) is 0 Å². The minimum atomic E-state index is -0.589. The third-order valence-corrected chi connectivity index (χ3v) is 3.31. The van der Waals surface area contributed by atoms with Gasteiger partial charge in [-0.25, -0.2) is 0 Å². The number of nitrogens with one attached hydrogen (secondary N) is 1. The number of nitro groups is 1. The van der Waals surface area contributed by atoms with Crippen LogP contribution in [0.15, 0.2) is 18.2 Å². The highest BCUT2D eigenvalue weighted by Gasteiger charge is 2.20. The van der Waals surface area contributed by atoms with Gasteiger partial charge in [0.05, 0.1) is 4.92 Å². The van der Waals surface area contributed by atoms with Crippen LogP contribution < -0.4 is 5.32 Å². The van der Waals surface area contributed by atoms with E-state index in [1.807, 2.05) is 13.8 Å². The van der Waals surface area contributed by atoms with Gasteiger partial charge in [-0.3, -0.25) is 14.9 Å². The van der Waals surface area contributed by atoms with Gasteiger partial charge in [0.15, 0.2) is 0 Å². The van der Waals surface area contributed by atoms with E-state index in [-0.39, 0.29) is 28.3 Å². The van der Waals surface area contributed by atoms with Gasteiger partial charge in [-0.05, 0) is 24.3 Å². The number of hydrogen-bond acceptors (Lipinski definition) is 4. The van der Waals surface area contributed by atoms with Gasteiger partial charge in [-0.1, -0.05) is 25.4 Å². The van der Waals surface area contributed by atoms with Gasteiger partial charge in [0.1, 0.15) is 0 Å². The molecule has 0 radical (unpaired) electrons. The second-order valence-electron chi connectivity index (χ2n) is 5.63. The first-order valence-corrected chi connectivity index (χ1v) is 6.97. The zero-order valence-electron chi connectivity index (χ0n) is 12.1. The molecule has 0 aliphatic carbocycles. The fourth-order valence-corrected chi connectivity index (χ4v) is 2.11. The highest BCUT2D eigenvalue weighted by atomic mass is 35.5.